The first-order valence-corrected chi connectivity index (χ1v) is 10.3. The molecule has 2 nitrogen and oxygen atoms in total. The minimum Gasteiger partial charge on any atom is -0.376 e. The van der Waals surface area contributed by atoms with Gasteiger partial charge in [0, 0.05) is 23.1 Å². The van der Waals surface area contributed by atoms with E-state index in [1.165, 1.54) is 10.4 Å². The molecule has 1 aliphatic rings. The molecule has 4 heteroatoms. The van der Waals surface area contributed by atoms with Gasteiger partial charge in [-0.1, -0.05) is 35.9 Å². The molecule has 3 rings (SSSR count). The lowest BCUT2D eigenvalue weighted by Gasteiger charge is -2.45. The van der Waals surface area contributed by atoms with Gasteiger partial charge in [0.2, 0.25) is 0 Å². The standard InChI is InChI=1S/C21H28ClNOS/c1-20(2)16-21(10-12-24-20,14-17-6-3-4-8-19(17)22)9-11-23-15-18-7-5-13-25-18/h3-8,13,23H,9-12,14-16H2,1-2H3/t21-/m0/s1. The van der Waals surface area contributed by atoms with Crippen molar-refractivity contribution in [1.29, 1.82) is 0 Å². The molecule has 136 valence electrons. The summed E-state index contributed by atoms with van der Waals surface area (Å²) in [6.07, 6.45) is 4.35. The molecule has 1 aliphatic heterocycles. The van der Waals surface area contributed by atoms with E-state index in [1.54, 1.807) is 0 Å². The summed E-state index contributed by atoms with van der Waals surface area (Å²) < 4.78 is 6.00. The zero-order valence-electron chi connectivity index (χ0n) is 15.2. The molecule has 0 aliphatic carbocycles. The normalized spacial score (nSPS) is 22.8. The Labute approximate surface area is 160 Å². The Balaban J connectivity index is 1.67. The molecule has 0 saturated carbocycles. The van der Waals surface area contributed by atoms with Crippen molar-refractivity contribution < 1.29 is 4.74 Å². The van der Waals surface area contributed by atoms with Crippen LogP contribution in [0.15, 0.2) is 41.8 Å². The average Bonchev–Trinajstić information content (AvgIpc) is 3.06. The second-order valence-electron chi connectivity index (χ2n) is 7.81. The summed E-state index contributed by atoms with van der Waals surface area (Å²) in [6.45, 7) is 7.25. The maximum absolute atomic E-state index is 6.46. The fourth-order valence-corrected chi connectivity index (χ4v) is 4.94. The van der Waals surface area contributed by atoms with E-state index in [-0.39, 0.29) is 11.0 Å². The van der Waals surface area contributed by atoms with Crippen molar-refractivity contribution in [3.63, 3.8) is 0 Å². The maximum Gasteiger partial charge on any atom is 0.0631 e. The summed E-state index contributed by atoms with van der Waals surface area (Å²) in [4.78, 5) is 1.40. The number of rotatable bonds is 7. The summed E-state index contributed by atoms with van der Waals surface area (Å²) in [5, 5.41) is 6.65. The molecule has 1 aromatic heterocycles. The van der Waals surface area contributed by atoms with Crippen LogP contribution >= 0.6 is 22.9 Å². The first kappa shape index (κ1) is 18.9. The predicted octanol–water partition coefficient (Wildman–Crippen LogP) is 5.70. The number of thiophene rings is 1. The molecule has 0 unspecified atom stereocenters. The van der Waals surface area contributed by atoms with Crippen LogP contribution in [0.4, 0.5) is 0 Å². The fourth-order valence-electron chi connectivity index (χ4n) is 4.06. The third-order valence-electron chi connectivity index (χ3n) is 5.16. The largest absolute Gasteiger partial charge is 0.376 e. The topological polar surface area (TPSA) is 21.3 Å². The van der Waals surface area contributed by atoms with Crippen LogP contribution in [-0.4, -0.2) is 18.8 Å². The van der Waals surface area contributed by atoms with E-state index in [2.05, 4.69) is 48.8 Å². The van der Waals surface area contributed by atoms with E-state index in [0.29, 0.717) is 0 Å². The number of nitrogens with one attached hydrogen (secondary N) is 1. The van der Waals surface area contributed by atoms with E-state index in [4.69, 9.17) is 16.3 Å². The van der Waals surface area contributed by atoms with Gasteiger partial charge in [-0.2, -0.15) is 0 Å². The van der Waals surface area contributed by atoms with Crippen molar-refractivity contribution in [3.8, 4) is 0 Å². The van der Waals surface area contributed by atoms with Gasteiger partial charge in [0.1, 0.15) is 0 Å². The SMILES string of the molecule is CC1(C)C[C@](CCNCc2cccs2)(Cc2ccccc2Cl)CCO1. The van der Waals surface area contributed by atoms with Crippen LogP contribution in [0.1, 0.15) is 43.6 Å². The minimum atomic E-state index is -0.0622. The molecular formula is C21H28ClNOS. The van der Waals surface area contributed by atoms with E-state index in [1.807, 2.05) is 23.5 Å². The van der Waals surface area contributed by atoms with E-state index in [0.717, 1.165) is 50.4 Å². The molecule has 25 heavy (non-hydrogen) atoms. The van der Waals surface area contributed by atoms with E-state index in [9.17, 15) is 0 Å². The third-order valence-corrected chi connectivity index (χ3v) is 6.41. The first-order valence-electron chi connectivity index (χ1n) is 9.09. The van der Waals surface area contributed by atoms with Gasteiger partial charge in [-0.05, 0) is 74.6 Å². The predicted molar refractivity (Wildman–Crippen MR) is 107 cm³/mol. The van der Waals surface area contributed by atoms with Gasteiger partial charge in [-0.25, -0.2) is 0 Å². The van der Waals surface area contributed by atoms with Crippen molar-refractivity contribution in [3.05, 3.63) is 57.2 Å². The molecule has 0 radical (unpaired) electrons. The highest BCUT2D eigenvalue weighted by molar-refractivity contribution is 7.09. The maximum atomic E-state index is 6.46. The summed E-state index contributed by atoms with van der Waals surface area (Å²) in [5.74, 6) is 0. The Morgan fingerprint density at radius 3 is 2.76 bits per heavy atom. The monoisotopic (exact) mass is 377 g/mol. The van der Waals surface area contributed by atoms with Crippen molar-refractivity contribution in [1.82, 2.24) is 5.32 Å². The number of halogens is 1. The Hall–Kier alpha value is -0.870. The highest BCUT2D eigenvalue weighted by Gasteiger charge is 2.40. The molecule has 1 atom stereocenters. The van der Waals surface area contributed by atoms with Crippen molar-refractivity contribution in [2.45, 2.75) is 51.7 Å². The molecule has 2 aromatic rings. The zero-order chi connectivity index (χ0) is 17.8. The summed E-state index contributed by atoms with van der Waals surface area (Å²) in [6, 6.07) is 12.6. The number of ether oxygens (including phenoxy) is 1. The van der Waals surface area contributed by atoms with Crippen molar-refractivity contribution in [2.75, 3.05) is 13.2 Å². The lowest BCUT2D eigenvalue weighted by atomic mass is 9.68. The second kappa shape index (κ2) is 8.22. The molecule has 0 amide bonds. The van der Waals surface area contributed by atoms with Gasteiger partial charge in [0.05, 0.1) is 5.60 Å². The summed E-state index contributed by atoms with van der Waals surface area (Å²) in [5.41, 5.74) is 1.45. The Morgan fingerprint density at radius 2 is 2.04 bits per heavy atom. The summed E-state index contributed by atoms with van der Waals surface area (Å²) >= 11 is 8.27. The van der Waals surface area contributed by atoms with Gasteiger partial charge in [-0.3, -0.25) is 0 Å². The fraction of sp³-hybridized carbons (Fsp3) is 0.524. The molecule has 0 bridgehead atoms. The summed E-state index contributed by atoms with van der Waals surface area (Å²) in [7, 11) is 0. The smallest absolute Gasteiger partial charge is 0.0631 e. The molecule has 1 saturated heterocycles. The first-order chi connectivity index (χ1) is 12.0. The van der Waals surface area contributed by atoms with Crippen LogP contribution in [0.2, 0.25) is 5.02 Å². The third kappa shape index (κ3) is 5.30. The molecule has 1 fully saturated rings. The lowest BCUT2D eigenvalue weighted by Crippen LogP contribution is -2.43. The highest BCUT2D eigenvalue weighted by atomic mass is 35.5. The Bertz CT molecular complexity index is 670. The number of hydrogen-bond acceptors (Lipinski definition) is 3. The van der Waals surface area contributed by atoms with Crippen LogP contribution in [0.3, 0.4) is 0 Å². The lowest BCUT2D eigenvalue weighted by molar-refractivity contribution is -0.107. The molecule has 0 spiro atoms. The van der Waals surface area contributed by atoms with Crippen LogP contribution < -0.4 is 5.32 Å². The molecule has 2 heterocycles. The van der Waals surface area contributed by atoms with Gasteiger partial charge in [0.25, 0.3) is 0 Å². The highest BCUT2D eigenvalue weighted by Crippen LogP contribution is 2.44. The van der Waals surface area contributed by atoms with Gasteiger partial charge in [0.15, 0.2) is 0 Å². The van der Waals surface area contributed by atoms with Crippen LogP contribution in [0, 0.1) is 5.41 Å². The van der Waals surface area contributed by atoms with Crippen molar-refractivity contribution in [2.24, 2.45) is 5.41 Å². The van der Waals surface area contributed by atoms with Crippen molar-refractivity contribution >= 4 is 22.9 Å². The number of hydrogen-bond donors (Lipinski definition) is 1. The number of benzene rings is 1. The van der Waals surface area contributed by atoms with Crippen LogP contribution in [-0.2, 0) is 17.7 Å². The van der Waals surface area contributed by atoms with Gasteiger partial charge in [-0.15, -0.1) is 11.3 Å². The molecule has 1 aromatic carbocycles. The van der Waals surface area contributed by atoms with Gasteiger partial charge < -0.3 is 10.1 Å². The average molecular weight is 378 g/mol. The van der Waals surface area contributed by atoms with E-state index >= 15 is 0 Å². The molecular weight excluding hydrogens is 350 g/mol. The van der Waals surface area contributed by atoms with Crippen LogP contribution in [0.5, 0.6) is 0 Å². The zero-order valence-corrected chi connectivity index (χ0v) is 16.8. The Morgan fingerprint density at radius 1 is 1.20 bits per heavy atom. The second-order valence-corrected chi connectivity index (χ2v) is 9.25. The minimum absolute atomic E-state index is 0.0622. The molecule has 1 N–H and O–H groups in total. The van der Waals surface area contributed by atoms with Gasteiger partial charge >= 0.3 is 0 Å². The Kier molecular flexibility index (Phi) is 6.21. The quantitative estimate of drug-likeness (QED) is 0.625. The van der Waals surface area contributed by atoms with Crippen LogP contribution in [0.25, 0.3) is 0 Å². The van der Waals surface area contributed by atoms with E-state index < -0.39 is 0 Å².